The van der Waals surface area contributed by atoms with Gasteiger partial charge in [-0.2, -0.15) is 0 Å². The first kappa shape index (κ1) is 18.4. The molecule has 1 saturated heterocycles. The van der Waals surface area contributed by atoms with Gasteiger partial charge in [-0.1, -0.05) is 11.6 Å². The van der Waals surface area contributed by atoms with Crippen LogP contribution in [0.15, 0.2) is 12.1 Å². The van der Waals surface area contributed by atoms with E-state index >= 15 is 0 Å². The Bertz CT molecular complexity index is 624. The lowest BCUT2D eigenvalue weighted by atomic mass is 10.1. The largest absolute Gasteiger partial charge is 0.496 e. The average molecular weight is 356 g/mol. The fourth-order valence-electron chi connectivity index (χ4n) is 2.66. The van der Waals surface area contributed by atoms with E-state index in [1.807, 2.05) is 4.90 Å². The molecular weight excluding hydrogens is 334 g/mol. The maximum Gasteiger partial charge on any atom is 0.320 e. The van der Waals surface area contributed by atoms with Crippen LogP contribution in [0, 0.1) is 0 Å². The number of nitrogen functional groups attached to an aromatic ring is 1. The number of nitrogens with two attached hydrogens (primary N) is 1. The molecule has 8 heteroatoms. The van der Waals surface area contributed by atoms with Gasteiger partial charge in [0, 0.05) is 25.2 Å². The molecule has 7 nitrogen and oxygen atoms in total. The summed E-state index contributed by atoms with van der Waals surface area (Å²) >= 11 is 5.99. The van der Waals surface area contributed by atoms with Gasteiger partial charge in [0.25, 0.3) is 5.91 Å². The molecule has 1 aromatic carbocycles. The number of rotatable bonds is 6. The number of likely N-dealkylation sites (tertiary alicyclic amines) is 1. The van der Waals surface area contributed by atoms with Crippen molar-refractivity contribution < 1.29 is 19.1 Å². The number of nitrogens with zero attached hydrogens (tertiary/aromatic N) is 1. The molecule has 1 aliphatic rings. The molecule has 1 fully saturated rings. The molecule has 132 valence electrons. The van der Waals surface area contributed by atoms with Crippen LogP contribution < -0.4 is 15.8 Å². The molecule has 1 aliphatic heterocycles. The zero-order valence-corrected chi connectivity index (χ0v) is 14.6. The Morgan fingerprint density at radius 3 is 2.88 bits per heavy atom. The molecular formula is C16H22ClN3O4. The molecule has 3 N–H and O–H groups in total. The molecule has 0 aliphatic carbocycles. The fourth-order valence-corrected chi connectivity index (χ4v) is 2.83. The van der Waals surface area contributed by atoms with Crippen molar-refractivity contribution in [3.8, 4) is 5.75 Å². The van der Waals surface area contributed by atoms with Crippen molar-refractivity contribution >= 4 is 29.2 Å². The molecule has 0 radical (unpaired) electrons. The van der Waals surface area contributed by atoms with Crippen LogP contribution >= 0.6 is 11.6 Å². The van der Waals surface area contributed by atoms with Crippen LogP contribution in [0.5, 0.6) is 5.75 Å². The van der Waals surface area contributed by atoms with Gasteiger partial charge in [-0.15, -0.1) is 0 Å². The second-order valence-corrected chi connectivity index (χ2v) is 5.98. The second-order valence-electron chi connectivity index (χ2n) is 5.57. The number of halogens is 1. The number of carbonyl (C=O) groups excluding carboxylic acids is 2. The Labute approximate surface area is 146 Å². The minimum Gasteiger partial charge on any atom is -0.496 e. The first-order chi connectivity index (χ1) is 11.4. The van der Waals surface area contributed by atoms with E-state index in [1.165, 1.54) is 19.2 Å². The predicted molar refractivity (Wildman–Crippen MR) is 91.4 cm³/mol. The first-order valence-electron chi connectivity index (χ1n) is 7.76. The van der Waals surface area contributed by atoms with Crippen LogP contribution in [0.3, 0.4) is 0 Å². The smallest absolute Gasteiger partial charge is 0.320 e. The van der Waals surface area contributed by atoms with Crippen LogP contribution in [0.2, 0.25) is 5.02 Å². The summed E-state index contributed by atoms with van der Waals surface area (Å²) < 4.78 is 10.1. The Morgan fingerprint density at radius 2 is 2.21 bits per heavy atom. The predicted octanol–water partition coefficient (Wildman–Crippen LogP) is 1.30. The summed E-state index contributed by atoms with van der Waals surface area (Å²) in [5, 5.41) is 3.24. The summed E-state index contributed by atoms with van der Waals surface area (Å²) in [5.74, 6) is -0.163. The number of esters is 1. The van der Waals surface area contributed by atoms with Crippen molar-refractivity contribution in [3.63, 3.8) is 0 Å². The highest BCUT2D eigenvalue weighted by molar-refractivity contribution is 6.33. The van der Waals surface area contributed by atoms with E-state index < -0.39 is 0 Å². The van der Waals surface area contributed by atoms with Crippen LogP contribution in [-0.2, 0) is 9.53 Å². The van der Waals surface area contributed by atoms with E-state index in [2.05, 4.69) is 5.32 Å². The molecule has 2 rings (SSSR count). The van der Waals surface area contributed by atoms with E-state index in [0.717, 1.165) is 13.0 Å². The van der Waals surface area contributed by atoms with Gasteiger partial charge >= 0.3 is 5.97 Å². The van der Waals surface area contributed by atoms with Crippen LogP contribution in [-0.4, -0.2) is 56.2 Å². The van der Waals surface area contributed by atoms with E-state index in [4.69, 9.17) is 26.8 Å². The lowest BCUT2D eigenvalue weighted by Gasteiger charge is -2.17. The summed E-state index contributed by atoms with van der Waals surface area (Å²) in [6.45, 7) is 3.69. The summed E-state index contributed by atoms with van der Waals surface area (Å²) in [7, 11) is 1.47. The number of anilines is 1. The summed E-state index contributed by atoms with van der Waals surface area (Å²) in [6.07, 6.45) is 0.760. The maximum atomic E-state index is 12.5. The van der Waals surface area contributed by atoms with Gasteiger partial charge < -0.3 is 20.5 Å². The van der Waals surface area contributed by atoms with Gasteiger partial charge in [0.1, 0.15) is 5.75 Å². The normalized spacial score (nSPS) is 17.5. The SMILES string of the molecule is CCOC(=O)CN1CCC(NC(=O)c2cc(Cl)c(N)cc2OC)C1. The number of ether oxygens (including phenoxy) is 2. The number of amides is 1. The summed E-state index contributed by atoms with van der Waals surface area (Å²) in [6, 6.07) is 2.97. The van der Waals surface area contributed by atoms with Crippen LogP contribution in [0.1, 0.15) is 23.7 Å². The summed E-state index contributed by atoms with van der Waals surface area (Å²) in [4.78, 5) is 25.9. The molecule has 1 atom stereocenters. The van der Waals surface area contributed by atoms with Crippen LogP contribution in [0.4, 0.5) is 5.69 Å². The number of methoxy groups -OCH3 is 1. The Morgan fingerprint density at radius 1 is 1.46 bits per heavy atom. The van der Waals surface area contributed by atoms with Crippen molar-refractivity contribution in [2.24, 2.45) is 0 Å². The van der Waals surface area contributed by atoms with E-state index in [9.17, 15) is 9.59 Å². The van der Waals surface area contributed by atoms with Crippen molar-refractivity contribution in [2.45, 2.75) is 19.4 Å². The van der Waals surface area contributed by atoms with Crippen molar-refractivity contribution in [1.82, 2.24) is 10.2 Å². The molecule has 1 aromatic rings. The van der Waals surface area contributed by atoms with Gasteiger partial charge in [-0.05, 0) is 19.4 Å². The molecule has 0 saturated carbocycles. The van der Waals surface area contributed by atoms with Gasteiger partial charge in [0.05, 0.1) is 36.5 Å². The Hall–Kier alpha value is -1.99. The highest BCUT2D eigenvalue weighted by Crippen LogP contribution is 2.29. The third kappa shape index (κ3) is 4.52. The van der Waals surface area contributed by atoms with E-state index in [-0.39, 0.29) is 24.5 Å². The second kappa shape index (κ2) is 8.21. The highest BCUT2D eigenvalue weighted by atomic mass is 35.5. The lowest BCUT2D eigenvalue weighted by molar-refractivity contribution is -0.144. The Kier molecular flexibility index (Phi) is 6.28. The number of hydrogen-bond donors (Lipinski definition) is 2. The van der Waals surface area contributed by atoms with Gasteiger partial charge in [-0.3, -0.25) is 14.5 Å². The third-order valence-electron chi connectivity index (χ3n) is 3.83. The lowest BCUT2D eigenvalue weighted by Crippen LogP contribution is -2.38. The zero-order valence-electron chi connectivity index (χ0n) is 13.8. The van der Waals surface area contributed by atoms with Gasteiger partial charge in [0.15, 0.2) is 0 Å². The average Bonchev–Trinajstić information content (AvgIpc) is 2.96. The van der Waals surface area contributed by atoms with Gasteiger partial charge in [-0.25, -0.2) is 0 Å². The first-order valence-corrected chi connectivity index (χ1v) is 8.14. The monoisotopic (exact) mass is 355 g/mol. The van der Waals surface area contributed by atoms with Crippen molar-refractivity contribution in [3.05, 3.63) is 22.7 Å². The quantitative estimate of drug-likeness (QED) is 0.590. The number of carbonyl (C=O) groups is 2. The standard InChI is InChI=1S/C16H22ClN3O4/c1-3-24-15(21)9-20-5-4-10(8-20)19-16(22)11-6-12(17)13(18)7-14(11)23-2/h6-7,10H,3-5,8-9,18H2,1-2H3,(H,19,22). The fraction of sp³-hybridized carbons (Fsp3) is 0.500. The van der Waals surface area contributed by atoms with Gasteiger partial charge in [0.2, 0.25) is 0 Å². The number of benzene rings is 1. The molecule has 24 heavy (non-hydrogen) atoms. The van der Waals surface area contributed by atoms with Crippen molar-refractivity contribution in [1.29, 1.82) is 0 Å². The number of nitrogens with one attached hydrogen (secondary N) is 1. The third-order valence-corrected chi connectivity index (χ3v) is 4.16. The van der Waals surface area contributed by atoms with E-state index in [1.54, 1.807) is 6.92 Å². The minimum atomic E-state index is -0.281. The zero-order chi connectivity index (χ0) is 17.7. The molecule has 0 bridgehead atoms. The minimum absolute atomic E-state index is 0.0482. The van der Waals surface area contributed by atoms with Crippen molar-refractivity contribution in [2.75, 3.05) is 39.1 Å². The van der Waals surface area contributed by atoms with Crippen LogP contribution in [0.25, 0.3) is 0 Å². The van der Waals surface area contributed by atoms with E-state index in [0.29, 0.717) is 35.2 Å². The topological polar surface area (TPSA) is 93.9 Å². The molecule has 0 spiro atoms. The molecule has 0 aromatic heterocycles. The maximum absolute atomic E-state index is 12.5. The Balaban J connectivity index is 1.96. The summed E-state index contributed by atoms with van der Waals surface area (Å²) in [5.41, 5.74) is 6.41. The molecule has 1 heterocycles. The highest BCUT2D eigenvalue weighted by Gasteiger charge is 2.27. The number of hydrogen-bond acceptors (Lipinski definition) is 6. The molecule has 1 unspecified atom stereocenters. The molecule has 1 amide bonds.